The molecule has 0 radical (unpaired) electrons. The summed E-state index contributed by atoms with van der Waals surface area (Å²) < 4.78 is 38.5. The Morgan fingerprint density at radius 2 is 2.10 bits per heavy atom. The van der Waals surface area contributed by atoms with Gasteiger partial charge in [-0.15, -0.1) is 0 Å². The van der Waals surface area contributed by atoms with E-state index in [1.807, 2.05) is 4.90 Å². The lowest BCUT2D eigenvalue weighted by Crippen LogP contribution is -2.34. The molecular weight excluding hydrogens is 271 g/mol. The van der Waals surface area contributed by atoms with Crippen molar-refractivity contribution in [3.8, 4) is 0 Å². The molecule has 5 nitrogen and oxygen atoms in total. The van der Waals surface area contributed by atoms with Gasteiger partial charge in [0, 0.05) is 18.7 Å². The van der Waals surface area contributed by atoms with E-state index in [4.69, 9.17) is 5.84 Å². The van der Waals surface area contributed by atoms with Gasteiger partial charge in [-0.3, -0.25) is 5.43 Å². The molecule has 0 spiro atoms. The van der Waals surface area contributed by atoms with Crippen molar-refractivity contribution in [2.75, 3.05) is 16.9 Å². The third-order valence-corrected chi connectivity index (χ3v) is 3.50. The molecule has 0 aromatic carbocycles. The van der Waals surface area contributed by atoms with Crippen LogP contribution in [0, 0.1) is 5.92 Å². The highest BCUT2D eigenvalue weighted by Crippen LogP contribution is 2.33. The van der Waals surface area contributed by atoms with Crippen LogP contribution in [0.25, 0.3) is 0 Å². The number of hydrazine groups is 1. The van der Waals surface area contributed by atoms with Crippen molar-refractivity contribution in [3.05, 3.63) is 11.8 Å². The second kappa shape index (κ2) is 5.43. The molecule has 0 aliphatic carbocycles. The lowest BCUT2D eigenvalue weighted by atomic mass is 10.0. The standard InChI is InChI=1S/C12H18F3N5/c1-7(2)8-4-3-5-20(8)10-6-9(12(13,14)15)17-11(18-10)19-16/h6-8H,3-5,16H2,1-2H3,(H,17,18,19). The Morgan fingerprint density at radius 3 is 2.65 bits per heavy atom. The number of nitrogens with zero attached hydrogens (tertiary/aromatic N) is 3. The first-order valence-electron chi connectivity index (χ1n) is 6.52. The Bertz CT molecular complexity index is 475. The number of nitrogen functional groups attached to an aromatic ring is 1. The predicted molar refractivity (Wildman–Crippen MR) is 70.1 cm³/mol. The molecule has 0 bridgehead atoms. The predicted octanol–water partition coefficient (Wildman–Crippen LogP) is 2.41. The quantitative estimate of drug-likeness (QED) is 0.660. The van der Waals surface area contributed by atoms with E-state index in [0.29, 0.717) is 12.5 Å². The summed E-state index contributed by atoms with van der Waals surface area (Å²) in [6.07, 6.45) is -2.62. The summed E-state index contributed by atoms with van der Waals surface area (Å²) in [5, 5.41) is 0. The molecule has 3 N–H and O–H groups in total. The SMILES string of the molecule is CC(C)C1CCCN1c1cc(C(F)(F)F)nc(NN)n1. The van der Waals surface area contributed by atoms with Crippen molar-refractivity contribution >= 4 is 11.8 Å². The summed E-state index contributed by atoms with van der Waals surface area (Å²) in [6, 6.07) is 1.18. The Morgan fingerprint density at radius 1 is 1.40 bits per heavy atom. The second-order valence-electron chi connectivity index (χ2n) is 5.22. The minimum Gasteiger partial charge on any atom is -0.353 e. The average Bonchev–Trinajstić information content (AvgIpc) is 2.86. The van der Waals surface area contributed by atoms with Crippen LogP contribution in [0.4, 0.5) is 24.9 Å². The monoisotopic (exact) mass is 289 g/mol. The van der Waals surface area contributed by atoms with E-state index in [-0.39, 0.29) is 17.8 Å². The van der Waals surface area contributed by atoms with Gasteiger partial charge in [0.05, 0.1) is 0 Å². The van der Waals surface area contributed by atoms with Gasteiger partial charge in [-0.05, 0) is 18.8 Å². The molecule has 1 saturated heterocycles. The zero-order chi connectivity index (χ0) is 14.9. The third kappa shape index (κ3) is 2.95. The van der Waals surface area contributed by atoms with Crippen LogP contribution in [-0.2, 0) is 6.18 Å². The Hall–Kier alpha value is -1.57. The van der Waals surface area contributed by atoms with Crippen LogP contribution in [0.5, 0.6) is 0 Å². The molecule has 0 saturated carbocycles. The van der Waals surface area contributed by atoms with Crippen LogP contribution in [0.15, 0.2) is 6.07 Å². The number of anilines is 2. The first-order valence-corrected chi connectivity index (χ1v) is 6.52. The van der Waals surface area contributed by atoms with Gasteiger partial charge in [0.25, 0.3) is 0 Å². The number of aromatic nitrogens is 2. The summed E-state index contributed by atoms with van der Waals surface area (Å²) in [6.45, 7) is 4.80. The van der Waals surface area contributed by atoms with Gasteiger partial charge in [-0.25, -0.2) is 10.8 Å². The zero-order valence-electron chi connectivity index (χ0n) is 11.4. The molecule has 2 rings (SSSR count). The number of hydrogen-bond donors (Lipinski definition) is 2. The minimum atomic E-state index is -4.52. The maximum atomic E-state index is 12.8. The van der Waals surface area contributed by atoms with Gasteiger partial charge < -0.3 is 4.90 Å². The number of nitrogens with one attached hydrogen (secondary N) is 1. The molecule has 112 valence electrons. The number of rotatable bonds is 3. The molecule has 1 atom stereocenters. The van der Waals surface area contributed by atoms with Crippen LogP contribution in [0.2, 0.25) is 0 Å². The fourth-order valence-electron chi connectivity index (χ4n) is 2.56. The normalized spacial score (nSPS) is 19.8. The van der Waals surface area contributed by atoms with E-state index < -0.39 is 11.9 Å². The van der Waals surface area contributed by atoms with Gasteiger partial charge in [0.1, 0.15) is 5.82 Å². The summed E-state index contributed by atoms with van der Waals surface area (Å²) >= 11 is 0. The first-order chi connectivity index (χ1) is 9.32. The topological polar surface area (TPSA) is 67.1 Å². The first kappa shape index (κ1) is 14.8. The highest BCUT2D eigenvalue weighted by Gasteiger charge is 2.36. The summed E-state index contributed by atoms with van der Waals surface area (Å²) in [5.74, 6) is 5.56. The molecule has 1 aliphatic heterocycles. The largest absolute Gasteiger partial charge is 0.433 e. The Labute approximate surface area is 115 Å². The minimum absolute atomic E-state index is 0.191. The summed E-state index contributed by atoms with van der Waals surface area (Å²) in [4.78, 5) is 9.33. The highest BCUT2D eigenvalue weighted by molar-refractivity contribution is 5.47. The van der Waals surface area contributed by atoms with E-state index in [0.717, 1.165) is 18.9 Å². The van der Waals surface area contributed by atoms with Crippen molar-refractivity contribution in [2.24, 2.45) is 11.8 Å². The molecular formula is C12H18F3N5. The van der Waals surface area contributed by atoms with E-state index in [9.17, 15) is 13.2 Å². The van der Waals surface area contributed by atoms with E-state index in [2.05, 4.69) is 29.2 Å². The van der Waals surface area contributed by atoms with Crippen LogP contribution in [0.3, 0.4) is 0 Å². The summed E-state index contributed by atoms with van der Waals surface area (Å²) in [5.41, 5.74) is 1.12. The smallest absolute Gasteiger partial charge is 0.353 e. The molecule has 1 unspecified atom stereocenters. The Kier molecular flexibility index (Phi) is 4.03. The fraction of sp³-hybridized carbons (Fsp3) is 0.667. The van der Waals surface area contributed by atoms with Crippen molar-refractivity contribution in [1.82, 2.24) is 9.97 Å². The van der Waals surface area contributed by atoms with E-state index in [1.165, 1.54) is 0 Å². The summed E-state index contributed by atoms with van der Waals surface area (Å²) in [7, 11) is 0. The van der Waals surface area contributed by atoms with Gasteiger partial charge in [-0.1, -0.05) is 13.8 Å². The van der Waals surface area contributed by atoms with Gasteiger partial charge in [0.15, 0.2) is 5.69 Å². The van der Waals surface area contributed by atoms with Crippen molar-refractivity contribution in [1.29, 1.82) is 0 Å². The molecule has 20 heavy (non-hydrogen) atoms. The van der Waals surface area contributed by atoms with E-state index in [1.54, 1.807) is 0 Å². The van der Waals surface area contributed by atoms with Crippen LogP contribution >= 0.6 is 0 Å². The molecule has 2 heterocycles. The number of hydrogen-bond acceptors (Lipinski definition) is 5. The van der Waals surface area contributed by atoms with Crippen molar-refractivity contribution in [3.63, 3.8) is 0 Å². The molecule has 0 amide bonds. The molecule has 1 fully saturated rings. The van der Waals surface area contributed by atoms with Gasteiger partial charge in [0.2, 0.25) is 5.95 Å². The van der Waals surface area contributed by atoms with Crippen LogP contribution in [0.1, 0.15) is 32.4 Å². The van der Waals surface area contributed by atoms with Crippen molar-refractivity contribution < 1.29 is 13.2 Å². The highest BCUT2D eigenvalue weighted by atomic mass is 19.4. The zero-order valence-corrected chi connectivity index (χ0v) is 11.4. The van der Waals surface area contributed by atoms with Gasteiger partial charge in [-0.2, -0.15) is 18.2 Å². The van der Waals surface area contributed by atoms with Gasteiger partial charge >= 0.3 is 6.18 Å². The lowest BCUT2D eigenvalue weighted by molar-refractivity contribution is -0.141. The average molecular weight is 289 g/mol. The molecule has 1 aromatic rings. The maximum absolute atomic E-state index is 12.8. The number of nitrogens with two attached hydrogens (primary N) is 1. The lowest BCUT2D eigenvalue weighted by Gasteiger charge is -2.29. The van der Waals surface area contributed by atoms with Crippen LogP contribution < -0.4 is 16.2 Å². The number of alkyl halides is 3. The third-order valence-electron chi connectivity index (χ3n) is 3.50. The van der Waals surface area contributed by atoms with Crippen molar-refractivity contribution in [2.45, 2.75) is 38.9 Å². The van der Waals surface area contributed by atoms with Crippen LogP contribution in [-0.4, -0.2) is 22.6 Å². The maximum Gasteiger partial charge on any atom is 0.433 e. The molecule has 1 aromatic heterocycles. The second-order valence-corrected chi connectivity index (χ2v) is 5.22. The molecule has 8 heteroatoms. The van der Waals surface area contributed by atoms with E-state index >= 15 is 0 Å². The molecule has 1 aliphatic rings. The fourth-order valence-corrected chi connectivity index (χ4v) is 2.56. The Balaban J connectivity index is 2.40. The number of halogens is 3.